The zero-order valence-electron chi connectivity index (χ0n) is 79.1. The lowest BCUT2D eigenvalue weighted by atomic mass is 9.75. The lowest BCUT2D eigenvalue weighted by Crippen LogP contribution is -2.51. The van der Waals surface area contributed by atoms with Gasteiger partial charge in [-0.1, -0.05) is 82.3 Å². The van der Waals surface area contributed by atoms with Crippen molar-refractivity contribution in [1.82, 2.24) is 9.88 Å². The molecule has 19 atom stereocenters. The molecule has 6 saturated heterocycles. The van der Waals surface area contributed by atoms with Gasteiger partial charge < -0.3 is 29.4 Å². The molecule has 7 aromatic rings. The molecule has 13 aliphatic rings. The molecule has 628 valence electrons. The molecule has 0 spiro atoms. The first-order valence-electron chi connectivity index (χ1n) is 46.2. The van der Waals surface area contributed by atoms with E-state index in [9.17, 15) is 0 Å². The average Bonchev–Trinajstić information content (AvgIpc) is 1.55. The summed E-state index contributed by atoms with van der Waals surface area (Å²) in [6.45, 7) is 72.0. The van der Waals surface area contributed by atoms with Gasteiger partial charge in [0.15, 0.2) is 0 Å². The minimum Gasteiger partial charge on any atom is -0.365 e. The molecule has 0 radical (unpaired) electrons. The van der Waals surface area contributed by atoms with E-state index in [1.54, 1.807) is 0 Å². The highest BCUT2D eigenvalue weighted by Gasteiger charge is 2.63. The van der Waals surface area contributed by atoms with Gasteiger partial charge in [0, 0.05) is 99.1 Å². The molecule has 7 aliphatic heterocycles. The number of rotatable bonds is 6. The summed E-state index contributed by atoms with van der Waals surface area (Å²) < 4.78 is 0. The fourth-order valence-electron chi connectivity index (χ4n) is 27.4. The topological polar surface area (TPSA) is 35.6 Å². The van der Waals surface area contributed by atoms with E-state index in [4.69, 9.17) is 4.98 Å². The van der Waals surface area contributed by atoms with Crippen LogP contribution in [0, 0.1) is 159 Å². The van der Waals surface area contributed by atoms with Crippen LogP contribution in [0.5, 0.6) is 0 Å². The van der Waals surface area contributed by atoms with Gasteiger partial charge in [0.25, 0.3) is 0 Å². The van der Waals surface area contributed by atoms with E-state index in [2.05, 4.69) is 347 Å². The molecule has 19 unspecified atom stereocenters. The van der Waals surface area contributed by atoms with Gasteiger partial charge in [-0.05, 0) is 467 Å². The Morgan fingerprint density at radius 2 is 0.845 bits per heavy atom. The minimum atomic E-state index is 0.346. The number of pyridine rings is 1. The third-order valence-electron chi connectivity index (χ3n) is 34.8. The van der Waals surface area contributed by atoms with E-state index < -0.39 is 0 Å². The third kappa shape index (κ3) is 14.8. The van der Waals surface area contributed by atoms with Gasteiger partial charge in [-0.2, -0.15) is 0 Å². The van der Waals surface area contributed by atoms with Gasteiger partial charge in [0.2, 0.25) is 0 Å². The molecule has 116 heavy (non-hydrogen) atoms. The van der Waals surface area contributed by atoms with Crippen molar-refractivity contribution in [2.24, 2.45) is 34.0 Å². The fourth-order valence-corrected chi connectivity index (χ4v) is 27.4. The number of fused-ring (bicyclic) bond motifs is 13. The average molecular weight is 1570 g/mol. The molecular formula is C108H156N8. The quantitative estimate of drug-likeness (QED) is 0.163. The molecule has 8 heteroatoms. The van der Waals surface area contributed by atoms with Crippen LogP contribution in [0.1, 0.15) is 316 Å². The lowest BCUT2D eigenvalue weighted by Gasteiger charge is -2.47. The summed E-state index contributed by atoms with van der Waals surface area (Å²) in [6, 6.07) is 40.8. The van der Waals surface area contributed by atoms with Crippen LogP contribution in [-0.2, 0) is 0 Å². The van der Waals surface area contributed by atoms with Crippen LogP contribution in [-0.4, -0.2) is 82.0 Å². The number of benzene rings is 6. The number of aromatic nitrogens is 1. The summed E-state index contributed by atoms with van der Waals surface area (Å²) in [5, 5.41) is 0. The summed E-state index contributed by atoms with van der Waals surface area (Å²) in [7, 11) is 2.28. The van der Waals surface area contributed by atoms with E-state index in [1.807, 2.05) is 0 Å². The van der Waals surface area contributed by atoms with Crippen molar-refractivity contribution in [1.29, 1.82) is 0 Å². The van der Waals surface area contributed by atoms with Crippen molar-refractivity contribution < 1.29 is 0 Å². The summed E-state index contributed by atoms with van der Waals surface area (Å²) in [4.78, 5) is 23.6. The van der Waals surface area contributed by atoms with Gasteiger partial charge in [-0.3, -0.25) is 9.88 Å². The van der Waals surface area contributed by atoms with Crippen LogP contribution in [0.15, 0.2) is 91.0 Å². The highest BCUT2D eigenvalue weighted by molar-refractivity contribution is 5.68. The van der Waals surface area contributed by atoms with Crippen molar-refractivity contribution in [2.75, 3.05) is 36.4 Å². The Balaban J connectivity index is 0.000000115. The van der Waals surface area contributed by atoms with Gasteiger partial charge in [0.05, 0.1) is 23.6 Å². The maximum Gasteiger partial charge on any atom is 0.0801 e. The second-order valence-electron chi connectivity index (χ2n) is 42.9. The number of anilines is 6. The fraction of sp³-hybridized carbons (Fsp3) is 0.620. The first-order chi connectivity index (χ1) is 54.4. The largest absolute Gasteiger partial charge is 0.365 e. The number of hydrogen-bond acceptors (Lipinski definition) is 8. The minimum absolute atomic E-state index is 0.346. The van der Waals surface area contributed by atoms with Crippen LogP contribution in [0.4, 0.5) is 34.1 Å². The molecule has 0 amide bonds. The Hall–Kier alpha value is -6.77. The molecule has 1 aromatic heterocycles. The lowest BCUT2D eigenvalue weighted by molar-refractivity contribution is 0.191. The van der Waals surface area contributed by atoms with Crippen LogP contribution >= 0.6 is 0 Å². The predicted molar refractivity (Wildman–Crippen MR) is 500 cm³/mol. The van der Waals surface area contributed by atoms with Crippen molar-refractivity contribution in [3.63, 3.8) is 0 Å². The van der Waals surface area contributed by atoms with E-state index in [0.717, 1.165) is 47.3 Å². The van der Waals surface area contributed by atoms with Crippen LogP contribution in [0.2, 0.25) is 0 Å². The molecule has 20 rings (SSSR count). The molecule has 5 saturated carbocycles. The van der Waals surface area contributed by atoms with Gasteiger partial charge in [0.1, 0.15) is 0 Å². The Kier molecular flexibility index (Phi) is 23.1. The molecule has 6 aromatic carbocycles. The Labute approximate surface area is 707 Å². The van der Waals surface area contributed by atoms with Crippen molar-refractivity contribution >= 4 is 34.1 Å². The zero-order valence-corrected chi connectivity index (χ0v) is 79.1. The number of piperidine rings is 5. The Morgan fingerprint density at radius 3 is 1.29 bits per heavy atom. The monoisotopic (exact) mass is 1570 g/mol. The Bertz CT molecular complexity index is 4820. The molecule has 12 bridgehead atoms. The number of nitrogens with zero attached hydrogens (tertiary/aromatic N) is 8. The molecule has 0 N–H and O–H groups in total. The van der Waals surface area contributed by atoms with Gasteiger partial charge >= 0.3 is 0 Å². The van der Waals surface area contributed by atoms with Crippen LogP contribution in [0.25, 0.3) is 0 Å². The summed E-state index contributed by atoms with van der Waals surface area (Å²) in [5.41, 5.74) is 39.5. The normalized spacial score (nSPS) is 33.6. The van der Waals surface area contributed by atoms with Crippen LogP contribution < -0.4 is 29.4 Å². The SMILES string of the molecule is Cc1cc(C)c(C)c(N2C(C)C3(C)CC2(C)CC3C)c1.Cc1cc(C)c(C)c(N2C(C)C3(C)CCC2(C)C3)c1.Cc1cc(C)c(C)c(N2C(C)C3CCC2(C)C3)c1.Cc1cc(C)c(C)c(N2C3CCC(C)(C3)C2C)c1.Cc1cc(C)c(C)c(N2C3CCC(C3)C2C)c1.Cc1cc(C)c(N2C3CCC(c4ccccc43)N(C)C2C)c(C)n1. The van der Waals surface area contributed by atoms with E-state index >= 15 is 0 Å². The summed E-state index contributed by atoms with van der Waals surface area (Å²) >= 11 is 0. The Morgan fingerprint density at radius 1 is 0.362 bits per heavy atom. The van der Waals surface area contributed by atoms with Crippen molar-refractivity contribution in [3.05, 3.63) is 203 Å². The van der Waals surface area contributed by atoms with E-state index in [0.29, 0.717) is 75.3 Å². The van der Waals surface area contributed by atoms with E-state index in [-0.39, 0.29) is 0 Å². The molecule has 8 nitrogen and oxygen atoms in total. The van der Waals surface area contributed by atoms with Crippen LogP contribution in [0.3, 0.4) is 0 Å². The zero-order chi connectivity index (χ0) is 84.2. The molecule has 8 heterocycles. The van der Waals surface area contributed by atoms with Gasteiger partial charge in [-0.15, -0.1) is 0 Å². The first-order valence-corrected chi connectivity index (χ1v) is 46.2. The third-order valence-corrected chi connectivity index (χ3v) is 34.8. The summed E-state index contributed by atoms with van der Waals surface area (Å²) in [5.74, 6) is 2.69. The molecular weight excluding hydrogens is 1410 g/mol. The summed E-state index contributed by atoms with van der Waals surface area (Å²) in [6.07, 6.45) is 22.2. The standard InChI is InChI=1S/C21H27N3.C19H29N.C18H27N.2C17H25N.C16H23N/c1-13-12-14(2)22-15(3)21(13)24-16(4)23(5)19-10-11-20(24)18-9-7-6-8-17(18)19;1-12-8-13(2)15(4)17(9-12)20-16(5)19(7)11-18(20,6)10-14(19)3;1-12-9-13(2)14(3)16(10-12)19-15(4)17(5)7-8-18(19,6)11-17;1-11-8-12(2)13(3)16(9-11)18-14(4)17(5)7-6-15(18)10-17;1-11-8-12(2)13(3)16(9-11)18-14(4)15-6-7-17(18,5)10-15;1-10-7-11(2)12(3)16(8-10)17-13(4)14-5-6-15(17)9-14/h6-9,12,16,19-20H,10-11H2,1-5H3;8-9,14,16H,10-11H2,1-7H3;9-10,15H,7-8,11H2,1-6H3;2*8-9,14-15H,6-7,10H2,1-5H3;7-8,13-15H,5-6,9H2,1-4H3. The molecule has 6 aliphatic carbocycles. The second-order valence-corrected chi connectivity index (χ2v) is 42.9. The molecule has 11 fully saturated rings. The maximum atomic E-state index is 4.78. The van der Waals surface area contributed by atoms with Crippen molar-refractivity contribution in [2.45, 2.75) is 395 Å². The highest BCUT2D eigenvalue weighted by atomic mass is 15.4. The smallest absolute Gasteiger partial charge is 0.0801 e. The second kappa shape index (κ2) is 31.4. The van der Waals surface area contributed by atoms with Gasteiger partial charge in [-0.25, -0.2) is 0 Å². The maximum absolute atomic E-state index is 4.78. The number of hydrogen-bond donors (Lipinski definition) is 0. The number of aryl methyl sites for hydroxylation is 13. The highest BCUT2D eigenvalue weighted by Crippen LogP contribution is 2.64. The predicted octanol–water partition coefficient (Wildman–Crippen LogP) is 27.2. The van der Waals surface area contributed by atoms with E-state index in [1.165, 1.54) is 237 Å². The van der Waals surface area contributed by atoms with Crippen molar-refractivity contribution in [3.8, 4) is 0 Å². The first kappa shape index (κ1) is 85.6.